The molecule has 0 spiro atoms. The molecular weight excluding hydrogens is 449 g/mol. The van der Waals surface area contributed by atoms with Crippen LogP contribution in [0.3, 0.4) is 0 Å². The highest BCUT2D eigenvalue weighted by Crippen LogP contribution is 2.22. The van der Waals surface area contributed by atoms with Crippen molar-refractivity contribution in [1.82, 2.24) is 20.2 Å². The second-order valence-corrected chi connectivity index (χ2v) is 7.06. The van der Waals surface area contributed by atoms with Crippen LogP contribution in [0, 0.1) is 5.41 Å². The maximum Gasteiger partial charge on any atom is 0.191 e. The molecule has 0 aliphatic rings. The van der Waals surface area contributed by atoms with Crippen molar-refractivity contribution < 1.29 is 0 Å². The minimum atomic E-state index is 0. The molecule has 2 N–H and O–H groups in total. The second-order valence-electron chi connectivity index (χ2n) is 6.62. The van der Waals surface area contributed by atoms with E-state index in [-0.39, 0.29) is 29.4 Å². The van der Waals surface area contributed by atoms with Crippen molar-refractivity contribution in [2.75, 3.05) is 20.1 Å². The quantitative estimate of drug-likeness (QED) is 0.366. The van der Waals surface area contributed by atoms with Crippen molar-refractivity contribution in [3.63, 3.8) is 0 Å². The minimum absolute atomic E-state index is 0. The Bertz CT molecular complexity index is 655. The Balaban J connectivity index is 0.00000312. The number of nitrogens with one attached hydrogen (secondary N) is 2. The topological polar surface area (TPSA) is 54.2 Å². The zero-order valence-electron chi connectivity index (χ0n) is 15.0. The lowest BCUT2D eigenvalue weighted by Gasteiger charge is -2.26. The first-order chi connectivity index (χ1) is 11.5. The fourth-order valence-electron chi connectivity index (χ4n) is 2.53. The molecule has 0 aliphatic carbocycles. The van der Waals surface area contributed by atoms with Crippen LogP contribution in [0.15, 0.2) is 48.0 Å². The summed E-state index contributed by atoms with van der Waals surface area (Å²) in [5, 5.41) is 7.51. The zero-order chi connectivity index (χ0) is 17.4. The second kappa shape index (κ2) is 10.7. The lowest BCUT2D eigenvalue weighted by Crippen LogP contribution is -2.43. The highest BCUT2D eigenvalue weighted by molar-refractivity contribution is 14.0. The van der Waals surface area contributed by atoms with E-state index in [9.17, 15) is 0 Å². The van der Waals surface area contributed by atoms with Crippen LogP contribution >= 0.6 is 35.6 Å². The summed E-state index contributed by atoms with van der Waals surface area (Å²) in [6.45, 7) is 6.95. The van der Waals surface area contributed by atoms with E-state index in [1.165, 1.54) is 5.56 Å². The van der Waals surface area contributed by atoms with E-state index in [2.05, 4.69) is 40.5 Å². The Labute approximate surface area is 172 Å². The molecule has 0 atom stereocenters. The summed E-state index contributed by atoms with van der Waals surface area (Å²) in [6.07, 6.45) is 6.50. The number of guanidine groups is 1. The molecule has 1 aromatic heterocycles. The van der Waals surface area contributed by atoms with Crippen molar-refractivity contribution >= 4 is 41.5 Å². The van der Waals surface area contributed by atoms with E-state index >= 15 is 0 Å². The van der Waals surface area contributed by atoms with Crippen LogP contribution in [0.2, 0.25) is 5.02 Å². The summed E-state index contributed by atoms with van der Waals surface area (Å²) in [4.78, 5) is 8.31. The van der Waals surface area contributed by atoms with Gasteiger partial charge in [-0.15, -0.1) is 24.0 Å². The SMILES string of the molecule is CN=C(NCCn1ccnc1)NCC(C)(C)Cc1cccc(Cl)c1.I. The van der Waals surface area contributed by atoms with Gasteiger partial charge in [-0.05, 0) is 29.5 Å². The van der Waals surface area contributed by atoms with Gasteiger partial charge in [0.05, 0.1) is 6.33 Å². The van der Waals surface area contributed by atoms with Crippen molar-refractivity contribution in [2.24, 2.45) is 10.4 Å². The van der Waals surface area contributed by atoms with Gasteiger partial charge in [-0.25, -0.2) is 4.98 Å². The van der Waals surface area contributed by atoms with Gasteiger partial charge in [0, 0.05) is 44.1 Å². The summed E-state index contributed by atoms with van der Waals surface area (Å²) in [5.41, 5.74) is 1.34. The summed E-state index contributed by atoms with van der Waals surface area (Å²) >= 11 is 6.07. The predicted molar refractivity (Wildman–Crippen MR) is 116 cm³/mol. The molecule has 2 rings (SSSR count). The van der Waals surface area contributed by atoms with E-state index in [0.29, 0.717) is 0 Å². The van der Waals surface area contributed by atoms with Gasteiger partial charge in [0.2, 0.25) is 0 Å². The average Bonchev–Trinajstić information content (AvgIpc) is 3.03. The molecule has 0 fully saturated rings. The number of benzene rings is 1. The molecule has 5 nitrogen and oxygen atoms in total. The summed E-state index contributed by atoms with van der Waals surface area (Å²) < 4.78 is 2.03. The first-order valence-corrected chi connectivity index (χ1v) is 8.51. The maximum absolute atomic E-state index is 6.07. The predicted octanol–water partition coefficient (Wildman–Crippen LogP) is 3.59. The normalized spacial score (nSPS) is 11.8. The summed E-state index contributed by atoms with van der Waals surface area (Å²) in [6, 6.07) is 8.05. The van der Waals surface area contributed by atoms with Crippen LogP contribution in [0.5, 0.6) is 0 Å². The standard InChI is InChI=1S/C18H26ClN5.HI/c1-18(2,12-15-5-4-6-16(19)11-15)13-23-17(20-3)22-8-10-24-9-7-21-14-24;/h4-7,9,11,14H,8,10,12-13H2,1-3H3,(H2,20,22,23);1H. The molecule has 0 radical (unpaired) electrons. The largest absolute Gasteiger partial charge is 0.356 e. The minimum Gasteiger partial charge on any atom is -0.356 e. The van der Waals surface area contributed by atoms with Crippen LogP contribution in [0.25, 0.3) is 0 Å². The van der Waals surface area contributed by atoms with Gasteiger partial charge in [0.1, 0.15) is 0 Å². The summed E-state index contributed by atoms with van der Waals surface area (Å²) in [5.74, 6) is 0.814. The number of aromatic nitrogens is 2. The third-order valence-corrected chi connectivity index (χ3v) is 3.99. The average molecular weight is 476 g/mol. The van der Waals surface area contributed by atoms with Crippen LogP contribution in [0.4, 0.5) is 0 Å². The number of halogens is 2. The number of rotatable bonds is 7. The Hall–Kier alpha value is -1.28. The molecule has 2 aromatic rings. The third-order valence-electron chi connectivity index (χ3n) is 3.75. The van der Waals surface area contributed by atoms with Gasteiger partial charge in [0.25, 0.3) is 0 Å². The third kappa shape index (κ3) is 8.09. The number of aliphatic imine (C=N–C) groups is 1. The van der Waals surface area contributed by atoms with E-state index in [1.54, 1.807) is 13.2 Å². The van der Waals surface area contributed by atoms with Gasteiger partial charge >= 0.3 is 0 Å². The van der Waals surface area contributed by atoms with Crippen molar-refractivity contribution in [1.29, 1.82) is 0 Å². The zero-order valence-corrected chi connectivity index (χ0v) is 18.1. The molecule has 0 saturated carbocycles. The molecule has 25 heavy (non-hydrogen) atoms. The number of hydrogen-bond donors (Lipinski definition) is 2. The molecule has 1 aromatic carbocycles. The van der Waals surface area contributed by atoms with Crippen LogP contribution in [-0.4, -0.2) is 35.6 Å². The molecule has 138 valence electrons. The lowest BCUT2D eigenvalue weighted by atomic mass is 9.86. The van der Waals surface area contributed by atoms with Gasteiger partial charge in [-0.1, -0.05) is 37.6 Å². The monoisotopic (exact) mass is 475 g/mol. The Morgan fingerprint density at radius 1 is 1.32 bits per heavy atom. The Morgan fingerprint density at radius 2 is 2.12 bits per heavy atom. The number of hydrogen-bond acceptors (Lipinski definition) is 2. The van der Waals surface area contributed by atoms with E-state index in [4.69, 9.17) is 11.6 Å². The van der Waals surface area contributed by atoms with Crippen molar-refractivity contribution in [2.45, 2.75) is 26.8 Å². The Kier molecular flexibility index (Phi) is 9.27. The molecule has 7 heteroatoms. The highest BCUT2D eigenvalue weighted by atomic mass is 127. The smallest absolute Gasteiger partial charge is 0.191 e. The van der Waals surface area contributed by atoms with Crippen LogP contribution in [0.1, 0.15) is 19.4 Å². The molecule has 1 heterocycles. The number of imidazole rings is 1. The van der Waals surface area contributed by atoms with Crippen molar-refractivity contribution in [3.05, 3.63) is 53.6 Å². The lowest BCUT2D eigenvalue weighted by molar-refractivity contribution is 0.359. The van der Waals surface area contributed by atoms with Crippen LogP contribution in [-0.2, 0) is 13.0 Å². The van der Waals surface area contributed by atoms with Crippen LogP contribution < -0.4 is 10.6 Å². The van der Waals surface area contributed by atoms with Crippen molar-refractivity contribution in [3.8, 4) is 0 Å². The first-order valence-electron chi connectivity index (χ1n) is 8.13. The van der Waals surface area contributed by atoms with Gasteiger partial charge in [-0.2, -0.15) is 0 Å². The Morgan fingerprint density at radius 3 is 2.76 bits per heavy atom. The first kappa shape index (κ1) is 21.8. The fraction of sp³-hybridized carbons (Fsp3) is 0.444. The van der Waals surface area contributed by atoms with Gasteiger partial charge < -0.3 is 15.2 Å². The maximum atomic E-state index is 6.07. The summed E-state index contributed by atoms with van der Waals surface area (Å²) in [7, 11) is 1.79. The van der Waals surface area contributed by atoms with E-state index in [1.807, 2.05) is 35.3 Å². The van der Waals surface area contributed by atoms with E-state index < -0.39 is 0 Å². The number of nitrogens with zero attached hydrogens (tertiary/aromatic N) is 3. The molecular formula is C18H27ClIN5. The van der Waals surface area contributed by atoms with Gasteiger partial charge in [0.15, 0.2) is 5.96 Å². The highest BCUT2D eigenvalue weighted by Gasteiger charge is 2.19. The fourth-order valence-corrected chi connectivity index (χ4v) is 2.74. The molecule has 0 bridgehead atoms. The molecule has 0 unspecified atom stereocenters. The van der Waals surface area contributed by atoms with E-state index in [0.717, 1.165) is 37.0 Å². The molecule has 0 aliphatic heterocycles. The molecule has 0 amide bonds. The molecule has 0 saturated heterocycles. The van der Waals surface area contributed by atoms with Gasteiger partial charge in [-0.3, -0.25) is 4.99 Å².